The quantitative estimate of drug-likeness (QED) is 0.804. The minimum atomic E-state index is -4.31. The number of hydrogen-bond acceptors (Lipinski definition) is 3. The number of hydrogen-bond donors (Lipinski definition) is 0. The summed E-state index contributed by atoms with van der Waals surface area (Å²) in [6, 6.07) is 5.04. The van der Waals surface area contributed by atoms with Crippen LogP contribution in [0.25, 0.3) is 11.4 Å². The predicted octanol–water partition coefficient (Wildman–Crippen LogP) is 3.46. The van der Waals surface area contributed by atoms with E-state index >= 15 is 0 Å². The zero-order chi connectivity index (χ0) is 13.5. The highest BCUT2D eigenvalue weighted by atomic mass is 32.2. The van der Waals surface area contributed by atoms with Gasteiger partial charge in [-0.15, -0.1) is 10.2 Å². The number of nitrogens with zero attached hydrogens (tertiary/aromatic N) is 3. The van der Waals surface area contributed by atoms with Gasteiger partial charge in [-0.1, -0.05) is 23.9 Å². The molecular formula is C12H10F3N3S. The Balaban J connectivity index is 1.97. The van der Waals surface area contributed by atoms with Gasteiger partial charge in [0.15, 0.2) is 11.0 Å². The monoisotopic (exact) mass is 285 g/mol. The van der Waals surface area contributed by atoms with Gasteiger partial charge in [0.25, 0.3) is 0 Å². The molecule has 1 aromatic heterocycles. The molecule has 0 saturated heterocycles. The van der Waals surface area contributed by atoms with Crippen molar-refractivity contribution in [3.8, 4) is 11.4 Å². The second-order valence-electron chi connectivity index (χ2n) is 4.23. The van der Waals surface area contributed by atoms with Crippen LogP contribution in [0.15, 0.2) is 29.4 Å². The van der Waals surface area contributed by atoms with Gasteiger partial charge in [0.05, 0.1) is 5.56 Å². The van der Waals surface area contributed by atoms with Crippen LogP contribution in [-0.2, 0) is 12.7 Å². The first-order valence-corrected chi connectivity index (χ1v) is 6.78. The van der Waals surface area contributed by atoms with Crippen LogP contribution in [0.5, 0.6) is 0 Å². The van der Waals surface area contributed by atoms with Gasteiger partial charge in [0.1, 0.15) is 0 Å². The molecule has 0 fully saturated rings. The van der Waals surface area contributed by atoms with Crippen molar-refractivity contribution in [1.29, 1.82) is 0 Å². The normalized spacial score (nSPS) is 15.3. The number of alkyl halides is 3. The average molecular weight is 285 g/mol. The molecule has 1 aliphatic rings. The Morgan fingerprint density at radius 3 is 2.53 bits per heavy atom. The van der Waals surface area contributed by atoms with E-state index < -0.39 is 11.7 Å². The van der Waals surface area contributed by atoms with E-state index in [-0.39, 0.29) is 0 Å². The van der Waals surface area contributed by atoms with E-state index in [9.17, 15) is 13.2 Å². The molecule has 1 aromatic carbocycles. The van der Waals surface area contributed by atoms with Crippen molar-refractivity contribution < 1.29 is 13.2 Å². The van der Waals surface area contributed by atoms with E-state index in [1.807, 2.05) is 4.57 Å². The molecule has 0 radical (unpaired) electrons. The number of rotatable bonds is 1. The fraction of sp³-hybridized carbons (Fsp3) is 0.333. The molecule has 19 heavy (non-hydrogen) atoms. The maximum absolute atomic E-state index is 12.5. The third kappa shape index (κ3) is 2.34. The Morgan fingerprint density at radius 2 is 1.84 bits per heavy atom. The first kappa shape index (κ1) is 12.5. The first-order valence-electron chi connectivity index (χ1n) is 5.79. The van der Waals surface area contributed by atoms with Crippen LogP contribution in [0.4, 0.5) is 13.2 Å². The molecule has 0 unspecified atom stereocenters. The molecule has 0 atom stereocenters. The number of aromatic nitrogens is 3. The fourth-order valence-corrected chi connectivity index (χ4v) is 2.89. The van der Waals surface area contributed by atoms with Gasteiger partial charge in [-0.2, -0.15) is 13.2 Å². The van der Waals surface area contributed by atoms with Crippen LogP contribution in [0, 0.1) is 0 Å². The van der Waals surface area contributed by atoms with Gasteiger partial charge in [0, 0.05) is 17.9 Å². The van der Waals surface area contributed by atoms with Crippen molar-refractivity contribution in [2.24, 2.45) is 0 Å². The van der Waals surface area contributed by atoms with Gasteiger partial charge in [-0.25, -0.2) is 0 Å². The first-order chi connectivity index (χ1) is 9.05. The van der Waals surface area contributed by atoms with E-state index in [1.165, 1.54) is 12.1 Å². The van der Waals surface area contributed by atoms with Gasteiger partial charge in [-0.3, -0.25) is 0 Å². The molecule has 1 aliphatic heterocycles. The van der Waals surface area contributed by atoms with Crippen molar-refractivity contribution in [3.63, 3.8) is 0 Å². The molecule has 0 spiro atoms. The summed E-state index contributed by atoms with van der Waals surface area (Å²) >= 11 is 1.62. The Kier molecular flexibility index (Phi) is 3.00. The molecule has 3 nitrogen and oxygen atoms in total. The molecule has 0 N–H and O–H groups in total. The second kappa shape index (κ2) is 4.56. The van der Waals surface area contributed by atoms with Gasteiger partial charge in [0.2, 0.25) is 0 Å². The summed E-state index contributed by atoms with van der Waals surface area (Å²) in [7, 11) is 0. The minimum Gasteiger partial charge on any atom is -0.302 e. The summed E-state index contributed by atoms with van der Waals surface area (Å²) in [5.74, 6) is 1.64. The molecule has 0 bridgehead atoms. The lowest BCUT2D eigenvalue weighted by Gasteiger charge is -2.14. The Bertz CT molecular complexity index is 589. The zero-order valence-electron chi connectivity index (χ0n) is 9.81. The molecule has 0 amide bonds. The molecule has 0 saturated carbocycles. The summed E-state index contributed by atoms with van der Waals surface area (Å²) in [4.78, 5) is 0. The lowest BCUT2D eigenvalue weighted by atomic mass is 10.1. The lowest BCUT2D eigenvalue weighted by Crippen LogP contribution is -2.08. The summed E-state index contributed by atoms with van der Waals surface area (Å²) < 4.78 is 39.5. The number of thioether (sulfide) groups is 1. The highest BCUT2D eigenvalue weighted by Gasteiger charge is 2.30. The molecular weight excluding hydrogens is 275 g/mol. The van der Waals surface area contributed by atoms with Crippen LogP contribution in [0.3, 0.4) is 0 Å². The predicted molar refractivity (Wildman–Crippen MR) is 65.8 cm³/mol. The van der Waals surface area contributed by atoms with Gasteiger partial charge in [-0.05, 0) is 18.6 Å². The van der Waals surface area contributed by atoms with E-state index in [4.69, 9.17) is 0 Å². The second-order valence-corrected chi connectivity index (χ2v) is 5.30. The van der Waals surface area contributed by atoms with Gasteiger partial charge >= 0.3 is 6.18 Å². The van der Waals surface area contributed by atoms with Crippen LogP contribution in [0.2, 0.25) is 0 Å². The summed E-state index contributed by atoms with van der Waals surface area (Å²) in [6.45, 7) is 0.811. The van der Waals surface area contributed by atoms with E-state index in [0.29, 0.717) is 11.4 Å². The van der Waals surface area contributed by atoms with Crippen LogP contribution in [0.1, 0.15) is 12.0 Å². The topological polar surface area (TPSA) is 30.7 Å². The zero-order valence-corrected chi connectivity index (χ0v) is 10.6. The van der Waals surface area contributed by atoms with E-state index in [2.05, 4.69) is 10.2 Å². The molecule has 2 aromatic rings. The van der Waals surface area contributed by atoms with Crippen molar-refractivity contribution in [2.75, 3.05) is 5.75 Å². The van der Waals surface area contributed by atoms with Crippen molar-refractivity contribution in [1.82, 2.24) is 14.8 Å². The highest BCUT2D eigenvalue weighted by molar-refractivity contribution is 7.99. The lowest BCUT2D eigenvalue weighted by molar-refractivity contribution is -0.137. The van der Waals surface area contributed by atoms with Crippen LogP contribution >= 0.6 is 11.8 Å². The molecule has 2 heterocycles. The Morgan fingerprint density at radius 1 is 1.11 bits per heavy atom. The maximum Gasteiger partial charge on any atom is 0.416 e. The van der Waals surface area contributed by atoms with Gasteiger partial charge < -0.3 is 4.57 Å². The van der Waals surface area contributed by atoms with Crippen molar-refractivity contribution in [2.45, 2.75) is 24.3 Å². The number of benzene rings is 1. The largest absolute Gasteiger partial charge is 0.416 e. The fourth-order valence-electron chi connectivity index (χ4n) is 2.00. The van der Waals surface area contributed by atoms with Crippen molar-refractivity contribution >= 4 is 11.8 Å². The smallest absolute Gasteiger partial charge is 0.302 e. The van der Waals surface area contributed by atoms with E-state index in [1.54, 1.807) is 11.8 Å². The highest BCUT2D eigenvalue weighted by Crippen LogP contribution is 2.32. The standard InChI is InChI=1S/C12H10F3N3S/c13-12(14,15)9-4-2-8(3-5-9)10-16-17-11-18(10)6-1-7-19-11/h2-5H,1,6-7H2. The maximum atomic E-state index is 12.5. The summed E-state index contributed by atoms with van der Waals surface area (Å²) in [5.41, 5.74) is 0.0123. The number of halogens is 3. The SMILES string of the molecule is FC(F)(F)c1ccc(-c2nnc3n2CCCS3)cc1. The van der Waals surface area contributed by atoms with E-state index in [0.717, 1.165) is 36.0 Å². The molecule has 7 heteroatoms. The Hall–Kier alpha value is -1.50. The van der Waals surface area contributed by atoms with Crippen LogP contribution in [-0.4, -0.2) is 20.5 Å². The third-order valence-electron chi connectivity index (χ3n) is 2.94. The molecule has 0 aliphatic carbocycles. The van der Waals surface area contributed by atoms with Crippen molar-refractivity contribution in [3.05, 3.63) is 29.8 Å². The van der Waals surface area contributed by atoms with Crippen LogP contribution < -0.4 is 0 Å². The third-order valence-corrected chi connectivity index (χ3v) is 4.00. The number of fused-ring (bicyclic) bond motifs is 1. The molecule has 100 valence electrons. The Labute approximate surface area is 111 Å². The average Bonchev–Trinajstić information content (AvgIpc) is 2.82. The summed E-state index contributed by atoms with van der Waals surface area (Å²) in [5, 5.41) is 8.96. The minimum absolute atomic E-state index is 0.635. The molecule has 3 rings (SSSR count). The summed E-state index contributed by atoms with van der Waals surface area (Å²) in [6.07, 6.45) is -3.29.